The average molecular weight is 355 g/mol. The number of carbonyl (C=O) groups excluding carboxylic acids is 2. The monoisotopic (exact) mass is 354 g/mol. The van der Waals surface area contributed by atoms with Crippen LogP contribution in [-0.2, 0) is 5.33 Å². The number of rotatable bonds is 1. The van der Waals surface area contributed by atoms with Crippen LogP contribution < -0.4 is 0 Å². The van der Waals surface area contributed by atoms with Gasteiger partial charge in [-0.25, -0.2) is 0 Å². The Kier molecular flexibility index (Phi) is 2.84. The highest BCUT2D eigenvalue weighted by molar-refractivity contribution is 9.08. The molecule has 0 saturated carbocycles. The fourth-order valence-corrected chi connectivity index (χ4v) is 3.53. The zero-order valence-electron chi connectivity index (χ0n) is 11.8. The number of fused-ring (bicyclic) bond motifs is 5. The van der Waals surface area contributed by atoms with Crippen molar-refractivity contribution >= 4 is 38.3 Å². The number of ketones is 2. The van der Waals surface area contributed by atoms with Crippen LogP contribution in [0.2, 0.25) is 0 Å². The van der Waals surface area contributed by atoms with Crippen molar-refractivity contribution < 1.29 is 14.0 Å². The lowest BCUT2D eigenvalue weighted by molar-refractivity contribution is 0.0815. The highest BCUT2D eigenvalue weighted by Gasteiger charge is 2.36. The summed E-state index contributed by atoms with van der Waals surface area (Å²) in [6.45, 7) is 1.99. The quantitative estimate of drug-likeness (QED) is 0.470. The second-order valence-electron chi connectivity index (χ2n) is 5.42. The molecule has 0 fully saturated rings. The molecule has 0 radical (unpaired) electrons. The smallest absolute Gasteiger partial charge is 0.237 e. The maximum absolute atomic E-state index is 12.7. The SMILES string of the molecule is Cc1cccc2c3c(ccc12)-c1occ(CBr)c1C(=O)C3=O. The molecule has 0 N–H and O–H groups in total. The number of halogens is 1. The molecule has 2 aromatic carbocycles. The maximum Gasteiger partial charge on any atom is 0.237 e. The zero-order valence-corrected chi connectivity index (χ0v) is 13.4. The first-order valence-corrected chi connectivity index (χ1v) is 8.03. The minimum atomic E-state index is -0.486. The first-order chi connectivity index (χ1) is 10.6. The lowest BCUT2D eigenvalue weighted by atomic mass is 9.84. The Balaban J connectivity index is 2.15. The van der Waals surface area contributed by atoms with E-state index in [9.17, 15) is 9.59 Å². The molecular formula is C18H11BrO3. The predicted molar refractivity (Wildman–Crippen MR) is 87.7 cm³/mol. The lowest BCUT2D eigenvalue weighted by Crippen LogP contribution is -2.21. The van der Waals surface area contributed by atoms with Crippen molar-refractivity contribution in [2.75, 3.05) is 0 Å². The van der Waals surface area contributed by atoms with Crippen LogP contribution in [0.15, 0.2) is 41.0 Å². The standard InChI is InChI=1S/C18H11BrO3/c1-9-3-2-4-12-11(9)5-6-13-15(12)17(21)16(20)14-10(7-19)8-22-18(13)14/h2-6,8H,7H2,1H3. The number of Topliss-reactive ketones (excluding diaryl/α,β-unsaturated/α-hetero) is 2. The van der Waals surface area contributed by atoms with Crippen molar-refractivity contribution in [2.45, 2.75) is 12.3 Å². The van der Waals surface area contributed by atoms with Gasteiger partial charge < -0.3 is 4.42 Å². The van der Waals surface area contributed by atoms with E-state index >= 15 is 0 Å². The minimum Gasteiger partial charge on any atom is -0.463 e. The number of carbonyl (C=O) groups is 2. The molecule has 3 aromatic rings. The molecule has 0 bridgehead atoms. The first-order valence-electron chi connectivity index (χ1n) is 6.91. The fourth-order valence-electron chi connectivity index (χ4n) is 3.12. The van der Waals surface area contributed by atoms with Gasteiger partial charge in [-0.3, -0.25) is 9.59 Å². The molecule has 1 aliphatic carbocycles. The van der Waals surface area contributed by atoms with Crippen molar-refractivity contribution in [3.05, 3.63) is 58.8 Å². The van der Waals surface area contributed by atoms with E-state index in [1.165, 1.54) is 0 Å². The molecule has 1 heterocycles. The Bertz CT molecular complexity index is 966. The van der Waals surface area contributed by atoms with Crippen LogP contribution >= 0.6 is 15.9 Å². The summed E-state index contributed by atoms with van der Waals surface area (Å²) in [6.07, 6.45) is 1.54. The van der Waals surface area contributed by atoms with E-state index in [0.29, 0.717) is 33.3 Å². The Hall–Kier alpha value is -2.20. The number of hydrogen-bond donors (Lipinski definition) is 0. The van der Waals surface area contributed by atoms with Crippen molar-refractivity contribution in [3.63, 3.8) is 0 Å². The summed E-state index contributed by atoms with van der Waals surface area (Å²) in [5.41, 5.74) is 3.33. The van der Waals surface area contributed by atoms with Crippen LogP contribution in [0.25, 0.3) is 22.1 Å². The fraction of sp³-hybridized carbons (Fsp3) is 0.111. The summed E-state index contributed by atoms with van der Waals surface area (Å²) < 4.78 is 5.60. The molecule has 108 valence electrons. The molecule has 4 rings (SSSR count). The normalized spacial score (nSPS) is 13.4. The van der Waals surface area contributed by atoms with Gasteiger partial charge in [0.25, 0.3) is 0 Å². The lowest BCUT2D eigenvalue weighted by Gasteiger charge is -2.17. The largest absolute Gasteiger partial charge is 0.463 e. The Morgan fingerprint density at radius 2 is 1.77 bits per heavy atom. The third-order valence-electron chi connectivity index (χ3n) is 4.20. The van der Waals surface area contributed by atoms with Gasteiger partial charge in [0.2, 0.25) is 11.6 Å². The molecule has 1 aliphatic rings. The number of alkyl halides is 1. The van der Waals surface area contributed by atoms with Gasteiger partial charge in [-0.15, -0.1) is 0 Å². The van der Waals surface area contributed by atoms with Gasteiger partial charge >= 0.3 is 0 Å². The molecule has 0 saturated heterocycles. The van der Waals surface area contributed by atoms with Crippen LogP contribution in [0, 0.1) is 6.92 Å². The highest BCUT2D eigenvalue weighted by atomic mass is 79.9. The van der Waals surface area contributed by atoms with Gasteiger partial charge in [-0.05, 0) is 29.3 Å². The number of hydrogen-bond acceptors (Lipinski definition) is 3. The summed E-state index contributed by atoms with van der Waals surface area (Å²) in [5.74, 6) is -0.445. The number of benzene rings is 2. The van der Waals surface area contributed by atoms with E-state index < -0.39 is 11.6 Å². The zero-order chi connectivity index (χ0) is 15.4. The summed E-state index contributed by atoms with van der Waals surface area (Å²) in [5, 5.41) is 2.27. The van der Waals surface area contributed by atoms with Crippen LogP contribution in [0.5, 0.6) is 0 Å². The van der Waals surface area contributed by atoms with Gasteiger partial charge in [0.15, 0.2) is 0 Å². The third-order valence-corrected chi connectivity index (χ3v) is 4.80. The minimum absolute atomic E-state index is 0.390. The molecule has 0 spiro atoms. The molecule has 4 heteroatoms. The second kappa shape index (κ2) is 4.65. The average Bonchev–Trinajstić information content (AvgIpc) is 2.96. The molecule has 1 aromatic heterocycles. The molecule has 22 heavy (non-hydrogen) atoms. The Labute approximate surface area is 135 Å². The summed E-state index contributed by atoms with van der Waals surface area (Å²) in [7, 11) is 0. The predicted octanol–water partition coefficient (Wildman–Crippen LogP) is 4.68. The molecule has 0 aliphatic heterocycles. The Morgan fingerprint density at radius 1 is 1.00 bits per heavy atom. The third kappa shape index (κ3) is 1.61. The van der Waals surface area contributed by atoms with Gasteiger partial charge in [0.05, 0.1) is 11.8 Å². The van der Waals surface area contributed by atoms with E-state index in [0.717, 1.165) is 16.3 Å². The highest BCUT2D eigenvalue weighted by Crippen LogP contribution is 2.40. The van der Waals surface area contributed by atoms with E-state index in [1.54, 1.807) is 6.26 Å². The van der Waals surface area contributed by atoms with E-state index in [1.807, 2.05) is 37.3 Å². The van der Waals surface area contributed by atoms with Crippen molar-refractivity contribution in [3.8, 4) is 11.3 Å². The van der Waals surface area contributed by atoms with Gasteiger partial charge in [0, 0.05) is 22.0 Å². The maximum atomic E-state index is 12.7. The van der Waals surface area contributed by atoms with Crippen LogP contribution in [-0.4, -0.2) is 11.6 Å². The summed E-state index contributed by atoms with van der Waals surface area (Å²) >= 11 is 3.33. The van der Waals surface area contributed by atoms with Crippen molar-refractivity contribution in [1.29, 1.82) is 0 Å². The topological polar surface area (TPSA) is 47.3 Å². The van der Waals surface area contributed by atoms with Crippen LogP contribution in [0.3, 0.4) is 0 Å². The molecule has 0 atom stereocenters. The van der Waals surface area contributed by atoms with Gasteiger partial charge in [-0.2, -0.15) is 0 Å². The number of aryl methyl sites for hydroxylation is 1. The van der Waals surface area contributed by atoms with Crippen LogP contribution in [0.1, 0.15) is 31.8 Å². The van der Waals surface area contributed by atoms with Crippen molar-refractivity contribution in [2.24, 2.45) is 0 Å². The molecular weight excluding hydrogens is 344 g/mol. The van der Waals surface area contributed by atoms with E-state index in [-0.39, 0.29) is 0 Å². The van der Waals surface area contributed by atoms with E-state index in [4.69, 9.17) is 4.42 Å². The van der Waals surface area contributed by atoms with Gasteiger partial charge in [-0.1, -0.05) is 40.2 Å². The first kappa shape index (κ1) is 13.5. The van der Waals surface area contributed by atoms with Crippen molar-refractivity contribution in [1.82, 2.24) is 0 Å². The second-order valence-corrected chi connectivity index (χ2v) is 5.98. The Morgan fingerprint density at radius 3 is 2.55 bits per heavy atom. The van der Waals surface area contributed by atoms with Crippen LogP contribution in [0.4, 0.5) is 0 Å². The summed E-state index contributed by atoms with van der Waals surface area (Å²) in [4.78, 5) is 25.2. The molecule has 0 amide bonds. The number of furan rings is 1. The molecule has 0 unspecified atom stereocenters. The van der Waals surface area contributed by atoms with E-state index in [2.05, 4.69) is 15.9 Å². The van der Waals surface area contributed by atoms with Gasteiger partial charge in [0.1, 0.15) is 5.76 Å². The molecule has 3 nitrogen and oxygen atoms in total. The summed E-state index contributed by atoms with van der Waals surface area (Å²) in [6, 6.07) is 9.62.